The van der Waals surface area contributed by atoms with Crippen LogP contribution in [0.15, 0.2) is 0 Å². The Balaban J connectivity index is 2.01. The molecular formula is C8H16N2. The van der Waals surface area contributed by atoms with E-state index in [1.165, 1.54) is 32.5 Å². The molecule has 10 heavy (non-hydrogen) atoms. The van der Waals surface area contributed by atoms with Crippen molar-refractivity contribution in [2.75, 3.05) is 26.2 Å². The lowest BCUT2D eigenvalue weighted by Gasteiger charge is -2.21. The van der Waals surface area contributed by atoms with Crippen molar-refractivity contribution in [1.82, 2.24) is 4.90 Å². The monoisotopic (exact) mass is 140 g/mol. The van der Waals surface area contributed by atoms with Gasteiger partial charge in [-0.3, -0.25) is 0 Å². The predicted octanol–water partition coefficient (Wildman–Crippen LogP) is 0.287. The summed E-state index contributed by atoms with van der Waals surface area (Å²) >= 11 is 0. The fourth-order valence-corrected chi connectivity index (χ4v) is 2.39. The Bertz CT molecular complexity index is 124. The molecule has 0 aromatic heterocycles. The van der Waals surface area contributed by atoms with Crippen LogP contribution in [0.4, 0.5) is 0 Å². The van der Waals surface area contributed by atoms with E-state index < -0.39 is 0 Å². The molecule has 2 N–H and O–H groups in total. The smallest absolute Gasteiger partial charge is 0.00250 e. The molecule has 0 aromatic rings. The van der Waals surface area contributed by atoms with Crippen LogP contribution < -0.4 is 5.73 Å². The van der Waals surface area contributed by atoms with E-state index in [0.717, 1.165) is 18.4 Å². The van der Waals surface area contributed by atoms with Crippen molar-refractivity contribution in [2.45, 2.75) is 12.8 Å². The molecule has 0 amide bonds. The number of nitrogens with two attached hydrogens (primary N) is 1. The van der Waals surface area contributed by atoms with Gasteiger partial charge in [0.2, 0.25) is 0 Å². The van der Waals surface area contributed by atoms with Crippen LogP contribution in [0.25, 0.3) is 0 Å². The molecule has 2 nitrogen and oxygen atoms in total. The van der Waals surface area contributed by atoms with Crippen LogP contribution in [0.2, 0.25) is 0 Å². The molecule has 2 aliphatic rings. The molecule has 2 fully saturated rings. The van der Waals surface area contributed by atoms with Crippen LogP contribution in [0, 0.1) is 11.8 Å². The van der Waals surface area contributed by atoms with E-state index in [1.54, 1.807) is 0 Å². The van der Waals surface area contributed by atoms with Crippen molar-refractivity contribution in [2.24, 2.45) is 17.6 Å². The number of fused-ring (bicyclic) bond motifs is 2. The summed E-state index contributed by atoms with van der Waals surface area (Å²) in [6, 6.07) is 0. The lowest BCUT2D eigenvalue weighted by Crippen LogP contribution is -2.25. The highest BCUT2D eigenvalue weighted by molar-refractivity contribution is 4.87. The van der Waals surface area contributed by atoms with Crippen molar-refractivity contribution in [3.63, 3.8) is 0 Å². The maximum atomic E-state index is 5.66. The number of hydrogen-bond donors (Lipinski definition) is 1. The number of hydrogen-bond acceptors (Lipinski definition) is 2. The molecule has 0 radical (unpaired) electrons. The van der Waals surface area contributed by atoms with Crippen LogP contribution in [-0.2, 0) is 0 Å². The summed E-state index contributed by atoms with van der Waals surface area (Å²) in [5.41, 5.74) is 5.66. The topological polar surface area (TPSA) is 29.3 Å². The van der Waals surface area contributed by atoms with Crippen molar-refractivity contribution in [3.8, 4) is 0 Å². The Labute approximate surface area is 62.4 Å². The highest BCUT2D eigenvalue weighted by Crippen LogP contribution is 2.30. The molecule has 0 aromatic carbocycles. The van der Waals surface area contributed by atoms with E-state index in [0.29, 0.717) is 0 Å². The highest BCUT2D eigenvalue weighted by Gasteiger charge is 2.33. The van der Waals surface area contributed by atoms with Crippen LogP contribution in [0.1, 0.15) is 12.8 Å². The summed E-state index contributed by atoms with van der Waals surface area (Å²) in [5, 5.41) is 0. The zero-order valence-corrected chi connectivity index (χ0v) is 6.42. The van der Waals surface area contributed by atoms with Crippen molar-refractivity contribution in [1.29, 1.82) is 0 Å². The van der Waals surface area contributed by atoms with Gasteiger partial charge >= 0.3 is 0 Å². The fraction of sp³-hybridized carbons (Fsp3) is 1.00. The van der Waals surface area contributed by atoms with E-state index in [1.807, 2.05) is 0 Å². The molecule has 3 unspecified atom stereocenters. The first-order valence-electron chi connectivity index (χ1n) is 4.32. The minimum absolute atomic E-state index is 0.822. The molecule has 2 aliphatic heterocycles. The molecule has 0 aliphatic carbocycles. The van der Waals surface area contributed by atoms with Gasteiger partial charge in [0.1, 0.15) is 0 Å². The van der Waals surface area contributed by atoms with Crippen LogP contribution in [-0.4, -0.2) is 31.1 Å². The summed E-state index contributed by atoms with van der Waals surface area (Å²) in [4.78, 5) is 2.56. The Hall–Kier alpha value is -0.0800. The standard InChI is InChI=1S/C8H16N2/c9-4-8-6-10-3-1-2-7(8)5-10/h7-8H,1-6,9H2. The summed E-state index contributed by atoms with van der Waals surface area (Å²) in [5.74, 6) is 1.77. The first-order chi connectivity index (χ1) is 4.90. The maximum Gasteiger partial charge on any atom is 0.00250 e. The summed E-state index contributed by atoms with van der Waals surface area (Å²) < 4.78 is 0. The van der Waals surface area contributed by atoms with Gasteiger partial charge in [-0.15, -0.1) is 0 Å². The Morgan fingerprint density at radius 1 is 1.40 bits per heavy atom. The number of rotatable bonds is 1. The van der Waals surface area contributed by atoms with E-state index in [-0.39, 0.29) is 0 Å². The molecule has 0 saturated carbocycles. The van der Waals surface area contributed by atoms with Gasteiger partial charge in [-0.2, -0.15) is 0 Å². The van der Waals surface area contributed by atoms with Crippen LogP contribution in [0.5, 0.6) is 0 Å². The van der Waals surface area contributed by atoms with Crippen molar-refractivity contribution in [3.05, 3.63) is 0 Å². The predicted molar refractivity (Wildman–Crippen MR) is 41.7 cm³/mol. The molecule has 2 saturated heterocycles. The quantitative estimate of drug-likeness (QED) is 0.567. The summed E-state index contributed by atoms with van der Waals surface area (Å²) in [6.07, 6.45) is 2.83. The maximum absolute atomic E-state index is 5.66. The summed E-state index contributed by atoms with van der Waals surface area (Å²) in [6.45, 7) is 4.84. The van der Waals surface area contributed by atoms with E-state index in [2.05, 4.69) is 4.90 Å². The van der Waals surface area contributed by atoms with Crippen LogP contribution in [0.3, 0.4) is 0 Å². The zero-order valence-electron chi connectivity index (χ0n) is 6.42. The second-order valence-corrected chi connectivity index (χ2v) is 3.66. The molecule has 2 heteroatoms. The minimum Gasteiger partial charge on any atom is -0.330 e. The Morgan fingerprint density at radius 2 is 2.30 bits per heavy atom. The third-order valence-corrected chi connectivity index (χ3v) is 3.00. The average Bonchev–Trinajstić information content (AvgIpc) is 2.26. The zero-order chi connectivity index (χ0) is 6.97. The van der Waals surface area contributed by atoms with Gasteiger partial charge in [-0.1, -0.05) is 0 Å². The number of piperidine rings is 1. The second-order valence-electron chi connectivity index (χ2n) is 3.66. The van der Waals surface area contributed by atoms with Gasteiger partial charge in [-0.05, 0) is 37.8 Å². The van der Waals surface area contributed by atoms with Gasteiger partial charge < -0.3 is 10.6 Å². The van der Waals surface area contributed by atoms with Gasteiger partial charge in [0.15, 0.2) is 0 Å². The van der Waals surface area contributed by atoms with Crippen molar-refractivity contribution < 1.29 is 0 Å². The Morgan fingerprint density at radius 3 is 3.00 bits per heavy atom. The van der Waals surface area contributed by atoms with Crippen LogP contribution >= 0.6 is 0 Å². The molecule has 2 bridgehead atoms. The SMILES string of the molecule is NCC1CN2CCCC1C2. The van der Waals surface area contributed by atoms with Gasteiger partial charge in [0.05, 0.1) is 0 Å². The normalized spacial score (nSPS) is 45.9. The molecule has 0 spiro atoms. The molecule has 58 valence electrons. The lowest BCUT2D eigenvalue weighted by atomic mass is 9.91. The first-order valence-corrected chi connectivity index (χ1v) is 4.32. The Kier molecular flexibility index (Phi) is 1.66. The molecular weight excluding hydrogens is 124 g/mol. The largest absolute Gasteiger partial charge is 0.330 e. The van der Waals surface area contributed by atoms with E-state index in [9.17, 15) is 0 Å². The molecule has 2 rings (SSSR count). The third kappa shape index (κ3) is 0.956. The minimum atomic E-state index is 0.822. The van der Waals surface area contributed by atoms with Gasteiger partial charge in [0.25, 0.3) is 0 Å². The summed E-state index contributed by atoms with van der Waals surface area (Å²) in [7, 11) is 0. The fourth-order valence-electron chi connectivity index (χ4n) is 2.39. The lowest BCUT2D eigenvalue weighted by molar-refractivity contribution is 0.268. The number of nitrogens with zero attached hydrogens (tertiary/aromatic N) is 1. The van der Waals surface area contributed by atoms with E-state index in [4.69, 9.17) is 5.73 Å². The third-order valence-electron chi connectivity index (χ3n) is 3.00. The average molecular weight is 140 g/mol. The van der Waals surface area contributed by atoms with E-state index >= 15 is 0 Å². The van der Waals surface area contributed by atoms with Gasteiger partial charge in [-0.25, -0.2) is 0 Å². The first kappa shape index (κ1) is 6.62. The van der Waals surface area contributed by atoms with Crippen molar-refractivity contribution >= 4 is 0 Å². The second kappa shape index (κ2) is 2.51. The molecule has 3 atom stereocenters. The van der Waals surface area contributed by atoms with Gasteiger partial charge in [0, 0.05) is 13.1 Å². The molecule has 2 heterocycles. The highest BCUT2D eigenvalue weighted by atomic mass is 15.2.